The Hall–Kier alpha value is -1.76. The quantitative estimate of drug-likeness (QED) is 0.519. The summed E-state index contributed by atoms with van der Waals surface area (Å²) in [4.78, 5) is 24.8. The van der Waals surface area contributed by atoms with Crippen molar-refractivity contribution in [2.75, 3.05) is 17.7 Å². The fourth-order valence-corrected chi connectivity index (χ4v) is 1.29. The number of H-pyrrole nitrogens is 1. The topological polar surface area (TPSA) is 113 Å². The molecule has 7 nitrogen and oxygen atoms in total. The van der Waals surface area contributed by atoms with Crippen molar-refractivity contribution in [3.05, 3.63) is 20.8 Å². The molecule has 0 aliphatic heterocycles. The number of anilines is 2. The molecule has 7 heteroatoms. The number of nitrogens with two attached hydrogens (primary N) is 1. The van der Waals surface area contributed by atoms with Crippen LogP contribution in [0.2, 0.25) is 0 Å². The van der Waals surface area contributed by atoms with Crippen molar-refractivity contribution in [2.24, 2.45) is 7.05 Å². The van der Waals surface area contributed by atoms with Crippen LogP contribution in [0.1, 0.15) is 13.3 Å². The molecular formula is C9H16N4O3. The molecule has 1 aromatic heterocycles. The highest BCUT2D eigenvalue weighted by Crippen LogP contribution is 2.10. The molecule has 0 radical (unpaired) electrons. The molecule has 16 heavy (non-hydrogen) atoms. The summed E-state index contributed by atoms with van der Waals surface area (Å²) in [6.45, 7) is 1.82. The number of aromatic amines is 1. The van der Waals surface area contributed by atoms with Crippen LogP contribution in [0.3, 0.4) is 0 Å². The third kappa shape index (κ3) is 2.43. The lowest BCUT2D eigenvalue weighted by Crippen LogP contribution is -2.34. The van der Waals surface area contributed by atoms with Crippen LogP contribution < -0.4 is 22.3 Å². The van der Waals surface area contributed by atoms with E-state index in [1.165, 1.54) is 7.05 Å². The third-order valence-electron chi connectivity index (χ3n) is 2.32. The van der Waals surface area contributed by atoms with Gasteiger partial charge in [0.25, 0.3) is 5.56 Å². The number of aromatic nitrogens is 2. The molecule has 0 fully saturated rings. The van der Waals surface area contributed by atoms with E-state index in [9.17, 15) is 9.59 Å². The number of nitrogen functional groups attached to an aromatic ring is 1. The molecule has 0 aliphatic carbocycles. The highest BCUT2D eigenvalue weighted by Gasteiger charge is 2.11. The largest absolute Gasteiger partial charge is 0.396 e. The SMILES string of the molecule is CC(CCO)Nc1c(N)n(C)c(=O)[nH]c1=O. The predicted octanol–water partition coefficient (Wildman–Crippen LogP) is -1.16. The van der Waals surface area contributed by atoms with Crippen LogP contribution in [0.5, 0.6) is 0 Å². The second-order valence-electron chi connectivity index (χ2n) is 3.64. The Morgan fingerprint density at radius 1 is 1.56 bits per heavy atom. The molecule has 0 aromatic carbocycles. The summed E-state index contributed by atoms with van der Waals surface area (Å²) in [6.07, 6.45) is 0.488. The van der Waals surface area contributed by atoms with Gasteiger partial charge in [0.1, 0.15) is 11.5 Å². The van der Waals surface area contributed by atoms with E-state index in [-0.39, 0.29) is 24.2 Å². The zero-order chi connectivity index (χ0) is 12.3. The summed E-state index contributed by atoms with van der Waals surface area (Å²) in [7, 11) is 1.47. The molecule has 1 heterocycles. The van der Waals surface area contributed by atoms with Crippen molar-refractivity contribution in [3.63, 3.8) is 0 Å². The summed E-state index contributed by atoms with van der Waals surface area (Å²) >= 11 is 0. The zero-order valence-electron chi connectivity index (χ0n) is 9.28. The lowest BCUT2D eigenvalue weighted by molar-refractivity contribution is 0.282. The molecule has 0 saturated carbocycles. The minimum Gasteiger partial charge on any atom is -0.396 e. The number of nitrogens with zero attached hydrogens (tertiary/aromatic N) is 1. The molecule has 0 spiro atoms. The minimum atomic E-state index is -0.553. The molecule has 0 aliphatic rings. The fourth-order valence-electron chi connectivity index (χ4n) is 1.29. The Morgan fingerprint density at radius 3 is 2.75 bits per heavy atom. The second-order valence-corrected chi connectivity index (χ2v) is 3.64. The van der Waals surface area contributed by atoms with Gasteiger partial charge in [-0.15, -0.1) is 0 Å². The van der Waals surface area contributed by atoms with Gasteiger partial charge in [-0.1, -0.05) is 0 Å². The Kier molecular flexibility index (Phi) is 3.73. The zero-order valence-corrected chi connectivity index (χ0v) is 9.28. The third-order valence-corrected chi connectivity index (χ3v) is 2.32. The number of aliphatic hydroxyl groups excluding tert-OH is 1. The number of aliphatic hydroxyl groups is 1. The van der Waals surface area contributed by atoms with Gasteiger partial charge in [-0.25, -0.2) is 4.79 Å². The summed E-state index contributed by atoms with van der Waals surface area (Å²) in [6, 6.07) is -0.106. The van der Waals surface area contributed by atoms with E-state index in [2.05, 4.69) is 10.3 Å². The fraction of sp³-hybridized carbons (Fsp3) is 0.556. The molecule has 1 atom stereocenters. The van der Waals surface area contributed by atoms with E-state index in [4.69, 9.17) is 10.8 Å². The van der Waals surface area contributed by atoms with E-state index >= 15 is 0 Å². The van der Waals surface area contributed by atoms with Gasteiger partial charge in [-0.05, 0) is 13.3 Å². The lowest BCUT2D eigenvalue weighted by atomic mass is 10.2. The van der Waals surface area contributed by atoms with Gasteiger partial charge in [0.2, 0.25) is 0 Å². The maximum absolute atomic E-state index is 11.5. The summed E-state index contributed by atoms with van der Waals surface area (Å²) < 4.78 is 1.15. The standard InChI is InChI=1S/C9H16N4O3/c1-5(3-4-14)11-6-7(10)13(2)9(16)12-8(6)15/h5,11,14H,3-4,10H2,1-2H3,(H,12,15,16). The Morgan fingerprint density at radius 2 is 2.19 bits per heavy atom. The Bertz CT molecular complexity index is 477. The number of hydrogen-bond donors (Lipinski definition) is 4. The van der Waals surface area contributed by atoms with Crippen molar-refractivity contribution in [1.29, 1.82) is 0 Å². The van der Waals surface area contributed by atoms with Gasteiger partial charge in [0.15, 0.2) is 0 Å². The number of hydrogen-bond acceptors (Lipinski definition) is 5. The van der Waals surface area contributed by atoms with Gasteiger partial charge in [-0.2, -0.15) is 0 Å². The monoisotopic (exact) mass is 228 g/mol. The van der Waals surface area contributed by atoms with Crippen molar-refractivity contribution in [1.82, 2.24) is 9.55 Å². The molecule has 5 N–H and O–H groups in total. The van der Waals surface area contributed by atoms with Gasteiger partial charge >= 0.3 is 5.69 Å². The average Bonchev–Trinajstić information content (AvgIpc) is 2.22. The molecule has 0 saturated heterocycles. The van der Waals surface area contributed by atoms with Crippen LogP contribution in [-0.2, 0) is 7.05 Å². The molecule has 1 unspecified atom stereocenters. The van der Waals surface area contributed by atoms with Crippen LogP contribution in [-0.4, -0.2) is 27.3 Å². The van der Waals surface area contributed by atoms with Crippen molar-refractivity contribution in [3.8, 4) is 0 Å². The van der Waals surface area contributed by atoms with E-state index in [0.717, 1.165) is 4.57 Å². The van der Waals surface area contributed by atoms with Crippen LogP contribution in [0.4, 0.5) is 11.5 Å². The highest BCUT2D eigenvalue weighted by molar-refractivity contribution is 5.60. The van der Waals surface area contributed by atoms with Crippen LogP contribution >= 0.6 is 0 Å². The minimum absolute atomic E-state index is 0.0116. The van der Waals surface area contributed by atoms with Crippen molar-refractivity contribution >= 4 is 11.5 Å². The maximum atomic E-state index is 11.5. The number of rotatable bonds is 4. The predicted molar refractivity (Wildman–Crippen MR) is 61.5 cm³/mol. The first-order valence-corrected chi connectivity index (χ1v) is 4.93. The second kappa shape index (κ2) is 4.84. The summed E-state index contributed by atoms with van der Waals surface area (Å²) in [5, 5.41) is 11.6. The van der Waals surface area contributed by atoms with Gasteiger partial charge in [0.05, 0.1) is 0 Å². The van der Waals surface area contributed by atoms with Crippen LogP contribution in [0.15, 0.2) is 9.59 Å². The molecule has 90 valence electrons. The van der Waals surface area contributed by atoms with E-state index in [1.54, 1.807) is 6.92 Å². The first-order valence-electron chi connectivity index (χ1n) is 4.93. The molecule has 1 rings (SSSR count). The van der Waals surface area contributed by atoms with Crippen LogP contribution in [0, 0.1) is 0 Å². The van der Waals surface area contributed by atoms with Crippen LogP contribution in [0.25, 0.3) is 0 Å². The van der Waals surface area contributed by atoms with Gasteiger partial charge < -0.3 is 16.2 Å². The molecule has 0 bridgehead atoms. The first kappa shape index (κ1) is 12.3. The van der Waals surface area contributed by atoms with E-state index in [1.807, 2.05) is 0 Å². The molecular weight excluding hydrogens is 212 g/mol. The number of nitrogens with one attached hydrogen (secondary N) is 2. The normalized spacial score (nSPS) is 12.4. The van der Waals surface area contributed by atoms with Crippen molar-refractivity contribution < 1.29 is 5.11 Å². The van der Waals surface area contributed by atoms with Gasteiger partial charge in [0, 0.05) is 19.7 Å². The highest BCUT2D eigenvalue weighted by atomic mass is 16.3. The van der Waals surface area contributed by atoms with E-state index < -0.39 is 11.2 Å². The Balaban J connectivity index is 3.10. The molecule has 1 aromatic rings. The summed E-state index contributed by atoms with van der Waals surface area (Å²) in [5.74, 6) is 0.0820. The lowest BCUT2D eigenvalue weighted by Gasteiger charge is -2.15. The maximum Gasteiger partial charge on any atom is 0.329 e. The van der Waals surface area contributed by atoms with Gasteiger partial charge in [-0.3, -0.25) is 14.3 Å². The summed E-state index contributed by atoms with van der Waals surface area (Å²) in [5.41, 5.74) is 4.70. The average molecular weight is 228 g/mol. The van der Waals surface area contributed by atoms with Crippen molar-refractivity contribution in [2.45, 2.75) is 19.4 Å². The molecule has 0 amide bonds. The first-order chi connectivity index (χ1) is 7.47. The smallest absolute Gasteiger partial charge is 0.329 e. The Labute approximate surface area is 91.9 Å². The van der Waals surface area contributed by atoms with E-state index in [0.29, 0.717) is 6.42 Å².